The van der Waals surface area contributed by atoms with E-state index in [1.807, 2.05) is 0 Å². The maximum absolute atomic E-state index is 9.89. The van der Waals surface area contributed by atoms with Gasteiger partial charge >= 0.3 is 0 Å². The van der Waals surface area contributed by atoms with Crippen molar-refractivity contribution in [1.82, 2.24) is 0 Å². The van der Waals surface area contributed by atoms with Crippen LogP contribution in [0.5, 0.6) is 0 Å². The number of hydrogen-bond donors (Lipinski definition) is 0. The summed E-state index contributed by atoms with van der Waals surface area (Å²) in [5.74, 6) is 0. The highest BCUT2D eigenvalue weighted by Crippen LogP contribution is 2.04. The predicted molar refractivity (Wildman–Crippen MR) is 43.7 cm³/mol. The Hall–Kier alpha value is -0.330. The zero-order valence-corrected chi connectivity index (χ0v) is 6.81. The van der Waals surface area contributed by atoms with Gasteiger partial charge in [-0.15, -0.1) is 0 Å². The lowest BCUT2D eigenvalue weighted by Gasteiger charge is -1.95. The van der Waals surface area contributed by atoms with Gasteiger partial charge in [-0.2, -0.15) is 0 Å². The molecule has 0 atom stereocenters. The van der Waals surface area contributed by atoms with Crippen LogP contribution in [0.3, 0.4) is 0 Å². The summed E-state index contributed by atoms with van der Waals surface area (Å²) in [4.78, 5) is 9.89. The molecule has 1 nitrogen and oxygen atoms in total. The molecule has 0 saturated carbocycles. The van der Waals surface area contributed by atoms with Crippen molar-refractivity contribution in [2.75, 3.05) is 0 Å². The third-order valence-electron chi connectivity index (χ3n) is 1.52. The first-order valence-electron chi connectivity index (χ1n) is 4.17. The zero-order chi connectivity index (χ0) is 7.66. The third-order valence-corrected chi connectivity index (χ3v) is 1.52. The molecule has 0 bridgehead atoms. The van der Waals surface area contributed by atoms with Crippen LogP contribution in [0, 0.1) is 6.42 Å². The Bertz CT molecular complexity index is 69.1. The van der Waals surface area contributed by atoms with Crippen molar-refractivity contribution < 1.29 is 4.79 Å². The standard InChI is InChI=1S/C9H17O/c1-2-3-4-5-6-7-8-9-10/h3,9H,2,4-8H2,1H3. The van der Waals surface area contributed by atoms with E-state index >= 15 is 0 Å². The summed E-state index contributed by atoms with van der Waals surface area (Å²) in [6, 6.07) is 0. The molecule has 0 aliphatic rings. The number of carbonyl (C=O) groups excluding carboxylic acids is 1. The Morgan fingerprint density at radius 2 is 1.80 bits per heavy atom. The van der Waals surface area contributed by atoms with E-state index in [2.05, 4.69) is 13.3 Å². The molecule has 0 rings (SSSR count). The fourth-order valence-corrected chi connectivity index (χ4v) is 0.897. The van der Waals surface area contributed by atoms with Crippen LogP contribution >= 0.6 is 0 Å². The van der Waals surface area contributed by atoms with Crippen LogP contribution in [0.2, 0.25) is 0 Å². The molecule has 0 aromatic heterocycles. The first-order chi connectivity index (χ1) is 4.91. The van der Waals surface area contributed by atoms with E-state index < -0.39 is 0 Å². The van der Waals surface area contributed by atoms with Gasteiger partial charge < -0.3 is 4.79 Å². The fourth-order valence-electron chi connectivity index (χ4n) is 0.897. The molecule has 59 valence electrons. The second-order valence-corrected chi connectivity index (χ2v) is 2.50. The van der Waals surface area contributed by atoms with Crippen LogP contribution in [0.15, 0.2) is 0 Å². The molecule has 1 radical (unpaired) electrons. The molecule has 0 N–H and O–H groups in total. The van der Waals surface area contributed by atoms with Crippen LogP contribution in [0.4, 0.5) is 0 Å². The van der Waals surface area contributed by atoms with Gasteiger partial charge in [0.25, 0.3) is 0 Å². The molecule has 0 saturated heterocycles. The lowest BCUT2D eigenvalue weighted by atomic mass is 10.1. The van der Waals surface area contributed by atoms with Crippen molar-refractivity contribution in [1.29, 1.82) is 0 Å². The van der Waals surface area contributed by atoms with Gasteiger partial charge in [0.2, 0.25) is 0 Å². The summed E-state index contributed by atoms with van der Waals surface area (Å²) in [7, 11) is 0. The maximum Gasteiger partial charge on any atom is 0.119 e. The Morgan fingerprint density at radius 1 is 1.10 bits per heavy atom. The Morgan fingerprint density at radius 3 is 2.40 bits per heavy atom. The maximum atomic E-state index is 9.89. The Kier molecular flexibility index (Phi) is 8.38. The molecule has 0 aromatic carbocycles. The molecule has 0 aromatic rings. The Labute approximate surface area is 63.8 Å². The summed E-state index contributed by atoms with van der Waals surface area (Å²) in [5.41, 5.74) is 0. The first kappa shape index (κ1) is 9.67. The molecule has 0 unspecified atom stereocenters. The summed E-state index contributed by atoms with van der Waals surface area (Å²) in [6.45, 7) is 2.16. The average Bonchev–Trinajstić information content (AvgIpc) is 1.97. The van der Waals surface area contributed by atoms with Crippen molar-refractivity contribution in [3.8, 4) is 0 Å². The fraction of sp³-hybridized carbons (Fsp3) is 0.778. The average molecular weight is 141 g/mol. The lowest BCUT2D eigenvalue weighted by Crippen LogP contribution is -1.79. The van der Waals surface area contributed by atoms with Gasteiger partial charge in [-0.1, -0.05) is 32.6 Å². The van der Waals surface area contributed by atoms with Crippen LogP contribution in [-0.2, 0) is 4.79 Å². The van der Waals surface area contributed by atoms with Gasteiger partial charge in [0.15, 0.2) is 0 Å². The second-order valence-electron chi connectivity index (χ2n) is 2.50. The molecule has 0 amide bonds. The molecule has 1 heteroatoms. The van der Waals surface area contributed by atoms with Crippen molar-refractivity contribution in [2.45, 2.75) is 45.4 Å². The molecule has 0 heterocycles. The summed E-state index contributed by atoms with van der Waals surface area (Å²) in [5, 5.41) is 0. The van der Waals surface area contributed by atoms with Crippen LogP contribution < -0.4 is 0 Å². The van der Waals surface area contributed by atoms with Gasteiger partial charge in [-0.3, -0.25) is 0 Å². The van der Waals surface area contributed by atoms with E-state index in [1.165, 1.54) is 25.7 Å². The zero-order valence-electron chi connectivity index (χ0n) is 6.81. The topological polar surface area (TPSA) is 17.1 Å². The van der Waals surface area contributed by atoms with Crippen molar-refractivity contribution >= 4 is 6.29 Å². The van der Waals surface area contributed by atoms with Gasteiger partial charge in [0, 0.05) is 6.42 Å². The minimum atomic E-state index is 0.742. The number of unbranched alkanes of at least 4 members (excludes halogenated alkanes) is 6. The highest BCUT2D eigenvalue weighted by molar-refractivity contribution is 5.48. The minimum absolute atomic E-state index is 0.742. The van der Waals surface area contributed by atoms with Crippen LogP contribution in [0.1, 0.15) is 45.4 Å². The largest absolute Gasteiger partial charge is 0.303 e. The normalized spacial score (nSPS) is 9.70. The summed E-state index contributed by atoms with van der Waals surface area (Å²) in [6.07, 6.45) is 9.96. The van der Waals surface area contributed by atoms with Crippen LogP contribution in [0.25, 0.3) is 0 Å². The van der Waals surface area contributed by atoms with Crippen LogP contribution in [-0.4, -0.2) is 6.29 Å². The lowest BCUT2D eigenvalue weighted by molar-refractivity contribution is -0.107. The second kappa shape index (κ2) is 8.67. The number of rotatable bonds is 7. The molecular formula is C9H17O. The van der Waals surface area contributed by atoms with Crippen molar-refractivity contribution in [3.05, 3.63) is 6.42 Å². The van der Waals surface area contributed by atoms with E-state index in [0.717, 1.165) is 19.1 Å². The number of carbonyl (C=O) groups is 1. The van der Waals surface area contributed by atoms with Gasteiger partial charge in [0.05, 0.1) is 0 Å². The smallest absolute Gasteiger partial charge is 0.119 e. The molecule has 0 aliphatic heterocycles. The van der Waals surface area contributed by atoms with Crippen molar-refractivity contribution in [3.63, 3.8) is 0 Å². The molecule has 10 heavy (non-hydrogen) atoms. The number of hydrogen-bond acceptors (Lipinski definition) is 1. The Balaban J connectivity index is 2.70. The molecule has 0 fully saturated rings. The molecule has 0 spiro atoms. The molecule has 0 aliphatic carbocycles. The number of aldehydes is 1. The summed E-state index contributed by atoms with van der Waals surface area (Å²) < 4.78 is 0. The molecular weight excluding hydrogens is 124 g/mol. The van der Waals surface area contributed by atoms with E-state index in [0.29, 0.717) is 0 Å². The highest BCUT2D eigenvalue weighted by atomic mass is 16.1. The SMILES string of the molecule is CC[CH]CCCCCC=O. The minimum Gasteiger partial charge on any atom is -0.303 e. The van der Waals surface area contributed by atoms with Gasteiger partial charge in [-0.05, 0) is 12.8 Å². The quantitative estimate of drug-likeness (QED) is 0.393. The highest BCUT2D eigenvalue weighted by Gasteiger charge is 1.87. The predicted octanol–water partition coefficient (Wildman–Crippen LogP) is 2.75. The third kappa shape index (κ3) is 7.67. The van der Waals surface area contributed by atoms with Gasteiger partial charge in [-0.25, -0.2) is 0 Å². The summed E-state index contributed by atoms with van der Waals surface area (Å²) >= 11 is 0. The first-order valence-corrected chi connectivity index (χ1v) is 4.17. The van der Waals surface area contributed by atoms with Crippen molar-refractivity contribution in [2.24, 2.45) is 0 Å². The van der Waals surface area contributed by atoms with E-state index in [9.17, 15) is 4.79 Å². The van der Waals surface area contributed by atoms with E-state index in [4.69, 9.17) is 0 Å². The van der Waals surface area contributed by atoms with E-state index in [1.54, 1.807) is 0 Å². The van der Waals surface area contributed by atoms with E-state index in [-0.39, 0.29) is 0 Å². The van der Waals surface area contributed by atoms with Gasteiger partial charge in [0.1, 0.15) is 6.29 Å². The monoisotopic (exact) mass is 141 g/mol.